The molecule has 0 N–H and O–H groups in total. The minimum Gasteiger partial charge on any atom is -0.463 e. The number of esters is 2. The molecule has 38 heavy (non-hydrogen) atoms. The van der Waals surface area contributed by atoms with Crippen molar-refractivity contribution < 1.29 is 52.2 Å². The molecule has 0 aliphatic carbocycles. The Morgan fingerprint density at radius 3 is 1.21 bits per heavy atom. The molecule has 11 heteroatoms. The van der Waals surface area contributed by atoms with Gasteiger partial charge in [-0.3, -0.25) is 4.79 Å². The van der Waals surface area contributed by atoms with Crippen molar-refractivity contribution in [1.82, 2.24) is 0 Å². The molecule has 0 heterocycles. The smallest absolute Gasteiger partial charge is 0.330 e. The van der Waals surface area contributed by atoms with Crippen LogP contribution in [-0.4, -0.2) is 118 Å². The second-order valence-electron chi connectivity index (χ2n) is 8.04. The number of carbonyl (C=O) groups excluding carboxylic acids is 2. The lowest BCUT2D eigenvalue weighted by atomic mass is 10.1. The molecule has 224 valence electrons. The molecule has 0 fully saturated rings. The molecule has 0 saturated carbocycles. The Balaban J connectivity index is 3.11. The van der Waals surface area contributed by atoms with Gasteiger partial charge in [0.05, 0.1) is 92.5 Å². The summed E-state index contributed by atoms with van der Waals surface area (Å²) in [5, 5.41) is 0. The van der Waals surface area contributed by atoms with Gasteiger partial charge >= 0.3 is 11.9 Å². The highest BCUT2D eigenvalue weighted by Gasteiger charge is 2.02. The van der Waals surface area contributed by atoms with Crippen LogP contribution in [0.1, 0.15) is 45.4 Å². The van der Waals surface area contributed by atoms with Gasteiger partial charge in [0.1, 0.15) is 13.2 Å². The van der Waals surface area contributed by atoms with Crippen molar-refractivity contribution in [1.29, 1.82) is 0 Å². The van der Waals surface area contributed by atoms with Gasteiger partial charge in [-0.05, 0) is 6.42 Å². The maximum absolute atomic E-state index is 11.6. The molecule has 0 radical (unpaired) electrons. The average Bonchev–Trinajstić information content (AvgIpc) is 2.92. The third-order valence-corrected chi connectivity index (χ3v) is 4.85. The Labute approximate surface area is 228 Å². The fourth-order valence-corrected chi connectivity index (χ4v) is 2.84. The van der Waals surface area contributed by atoms with Crippen LogP contribution in [0.5, 0.6) is 0 Å². The predicted octanol–water partition coefficient (Wildman–Crippen LogP) is 2.74. The number of hydrogen-bond donors (Lipinski definition) is 0. The first-order valence-electron chi connectivity index (χ1n) is 13.7. The lowest BCUT2D eigenvalue weighted by Gasteiger charge is -2.09. The standard InChI is InChI=1S/C27H50O11/c1-3-5-6-7-8-9-27(29)38-25-23-36-21-19-34-17-15-32-13-11-30-10-12-31-14-16-33-18-20-35-22-24-37-26(28)4-2/h4H,2-3,5-25H2,1H3. The Kier molecular flexibility index (Phi) is 30.3. The number of rotatable bonds is 31. The third-order valence-electron chi connectivity index (χ3n) is 4.85. The minimum absolute atomic E-state index is 0.151. The molecule has 11 nitrogen and oxygen atoms in total. The van der Waals surface area contributed by atoms with E-state index in [1.54, 1.807) is 0 Å². The molecule has 0 aliphatic rings. The summed E-state index contributed by atoms with van der Waals surface area (Å²) >= 11 is 0. The highest BCUT2D eigenvalue weighted by atomic mass is 16.6. The van der Waals surface area contributed by atoms with Crippen molar-refractivity contribution in [2.45, 2.75) is 45.4 Å². The van der Waals surface area contributed by atoms with Crippen molar-refractivity contribution in [3.63, 3.8) is 0 Å². The van der Waals surface area contributed by atoms with Crippen LogP contribution in [0.4, 0.5) is 0 Å². The number of carbonyl (C=O) groups is 2. The Bertz CT molecular complexity index is 531. The van der Waals surface area contributed by atoms with Gasteiger partial charge in [-0.2, -0.15) is 0 Å². The predicted molar refractivity (Wildman–Crippen MR) is 141 cm³/mol. The molecule has 0 aliphatic heterocycles. The second-order valence-corrected chi connectivity index (χ2v) is 8.04. The first-order chi connectivity index (χ1) is 18.7. The highest BCUT2D eigenvalue weighted by Crippen LogP contribution is 2.05. The van der Waals surface area contributed by atoms with Gasteiger partial charge in [0.2, 0.25) is 0 Å². The summed E-state index contributed by atoms with van der Waals surface area (Å²) in [6.45, 7) is 12.3. The van der Waals surface area contributed by atoms with Crippen molar-refractivity contribution in [2.75, 3.05) is 106 Å². The Morgan fingerprint density at radius 2 is 0.842 bits per heavy atom. The minimum atomic E-state index is -0.460. The summed E-state index contributed by atoms with van der Waals surface area (Å²) in [6.07, 6.45) is 7.18. The van der Waals surface area contributed by atoms with E-state index in [2.05, 4.69) is 13.5 Å². The van der Waals surface area contributed by atoms with Crippen LogP contribution < -0.4 is 0 Å². The molecule has 0 bridgehead atoms. The first-order valence-corrected chi connectivity index (χ1v) is 13.7. The van der Waals surface area contributed by atoms with Crippen LogP contribution in [0, 0.1) is 0 Å². The van der Waals surface area contributed by atoms with Gasteiger partial charge in [0.25, 0.3) is 0 Å². The quantitative estimate of drug-likeness (QED) is 0.0720. The van der Waals surface area contributed by atoms with E-state index in [4.69, 9.17) is 42.6 Å². The molecular formula is C27H50O11. The zero-order valence-corrected chi connectivity index (χ0v) is 23.3. The van der Waals surface area contributed by atoms with Crippen LogP contribution in [0.2, 0.25) is 0 Å². The third kappa shape index (κ3) is 30.6. The van der Waals surface area contributed by atoms with E-state index in [0.717, 1.165) is 18.9 Å². The van der Waals surface area contributed by atoms with E-state index < -0.39 is 5.97 Å². The van der Waals surface area contributed by atoms with Crippen molar-refractivity contribution in [3.05, 3.63) is 12.7 Å². The van der Waals surface area contributed by atoms with E-state index in [0.29, 0.717) is 98.9 Å². The molecule has 0 aromatic carbocycles. The molecular weight excluding hydrogens is 500 g/mol. The monoisotopic (exact) mass is 550 g/mol. The van der Waals surface area contributed by atoms with Crippen molar-refractivity contribution >= 4 is 11.9 Å². The molecule has 0 saturated heterocycles. The Hall–Kier alpha value is -1.60. The van der Waals surface area contributed by atoms with Gasteiger partial charge < -0.3 is 42.6 Å². The summed E-state index contributed by atoms with van der Waals surface area (Å²) in [7, 11) is 0. The van der Waals surface area contributed by atoms with E-state index >= 15 is 0 Å². The van der Waals surface area contributed by atoms with Gasteiger partial charge in [-0.15, -0.1) is 0 Å². The highest BCUT2D eigenvalue weighted by molar-refractivity contribution is 5.81. The SMILES string of the molecule is C=CC(=O)OCCOCCOCCOCCOCCOCCOCCOCCOC(=O)CCCCCCC. The fraction of sp³-hybridized carbons (Fsp3) is 0.852. The summed E-state index contributed by atoms with van der Waals surface area (Å²) in [5.74, 6) is -0.610. The van der Waals surface area contributed by atoms with Crippen LogP contribution in [-0.2, 0) is 52.2 Å². The van der Waals surface area contributed by atoms with E-state index in [1.165, 1.54) is 19.3 Å². The van der Waals surface area contributed by atoms with Crippen LogP contribution >= 0.6 is 0 Å². The van der Waals surface area contributed by atoms with Gasteiger partial charge in [0, 0.05) is 12.5 Å². The summed E-state index contributed by atoms with van der Waals surface area (Å²) in [5.41, 5.74) is 0. The van der Waals surface area contributed by atoms with Gasteiger partial charge in [-0.1, -0.05) is 39.2 Å². The van der Waals surface area contributed by atoms with Gasteiger partial charge in [0.15, 0.2) is 0 Å². The number of hydrogen-bond acceptors (Lipinski definition) is 11. The normalized spacial score (nSPS) is 11.0. The first kappa shape index (κ1) is 36.4. The Morgan fingerprint density at radius 1 is 0.500 bits per heavy atom. The summed E-state index contributed by atoms with van der Waals surface area (Å²) in [4.78, 5) is 22.4. The van der Waals surface area contributed by atoms with Crippen molar-refractivity contribution in [2.24, 2.45) is 0 Å². The molecule has 0 spiro atoms. The topological polar surface area (TPSA) is 117 Å². The maximum atomic E-state index is 11.6. The second kappa shape index (κ2) is 31.6. The van der Waals surface area contributed by atoms with E-state index in [9.17, 15) is 9.59 Å². The average molecular weight is 551 g/mol. The van der Waals surface area contributed by atoms with Crippen molar-refractivity contribution in [3.8, 4) is 0 Å². The van der Waals surface area contributed by atoms with Gasteiger partial charge in [-0.25, -0.2) is 4.79 Å². The van der Waals surface area contributed by atoms with E-state index in [-0.39, 0.29) is 19.2 Å². The van der Waals surface area contributed by atoms with E-state index in [1.807, 2.05) is 0 Å². The summed E-state index contributed by atoms with van der Waals surface area (Å²) < 4.78 is 47.6. The maximum Gasteiger partial charge on any atom is 0.330 e. The lowest BCUT2D eigenvalue weighted by molar-refractivity contribution is -0.145. The van der Waals surface area contributed by atoms with Crippen LogP contribution in [0.15, 0.2) is 12.7 Å². The number of unbranched alkanes of at least 4 members (excludes halogenated alkanes) is 4. The van der Waals surface area contributed by atoms with Crippen LogP contribution in [0.25, 0.3) is 0 Å². The molecule has 0 unspecified atom stereocenters. The molecule has 0 rings (SSSR count). The zero-order chi connectivity index (χ0) is 27.8. The molecule has 0 aromatic heterocycles. The summed E-state index contributed by atoms with van der Waals surface area (Å²) in [6, 6.07) is 0. The molecule has 0 amide bonds. The lowest BCUT2D eigenvalue weighted by Crippen LogP contribution is -2.15. The zero-order valence-electron chi connectivity index (χ0n) is 23.3. The van der Waals surface area contributed by atoms with Crippen LogP contribution in [0.3, 0.4) is 0 Å². The number of ether oxygens (including phenoxy) is 9. The fourth-order valence-electron chi connectivity index (χ4n) is 2.84. The largest absolute Gasteiger partial charge is 0.463 e. The molecule has 0 aromatic rings. The molecule has 0 atom stereocenters.